The number of hydrogen-bond acceptors (Lipinski definition) is 8. The van der Waals surface area contributed by atoms with Crippen LogP contribution in [0.1, 0.15) is 45.4 Å². The molecule has 5 rings (SSSR count). The Hall–Kier alpha value is -3.87. The van der Waals surface area contributed by atoms with Crippen LogP contribution in [0.25, 0.3) is 0 Å². The molecule has 0 bridgehead atoms. The molecule has 2 atom stereocenters. The minimum atomic E-state index is -1.33. The van der Waals surface area contributed by atoms with Gasteiger partial charge in [0.05, 0.1) is 0 Å². The molecule has 3 heterocycles. The van der Waals surface area contributed by atoms with Crippen LogP contribution in [-0.2, 0) is 4.70 Å². The molecule has 2 unspecified atom stereocenters. The second-order valence-corrected chi connectivity index (χ2v) is 10.8. The molecule has 2 saturated heterocycles. The van der Waals surface area contributed by atoms with Gasteiger partial charge >= 0.3 is 187 Å². The van der Waals surface area contributed by atoms with Crippen molar-refractivity contribution >= 4 is 53.7 Å². The van der Waals surface area contributed by atoms with Gasteiger partial charge in [-0.25, -0.2) is 0 Å². The van der Waals surface area contributed by atoms with Gasteiger partial charge in [0.1, 0.15) is 0 Å². The van der Waals surface area contributed by atoms with Gasteiger partial charge in [0.25, 0.3) is 5.91 Å². The van der Waals surface area contributed by atoms with E-state index in [1.807, 2.05) is 4.90 Å². The molecule has 42 heavy (non-hydrogen) atoms. The van der Waals surface area contributed by atoms with E-state index < -0.39 is 17.8 Å². The average molecular weight is 611 g/mol. The number of ether oxygens (including phenoxy) is 1. The Morgan fingerprint density at radius 1 is 1.14 bits per heavy atom. The van der Waals surface area contributed by atoms with Crippen LogP contribution in [0.15, 0.2) is 54.5 Å². The molecular weight excluding hydrogens is 585 g/mol. The fourth-order valence-corrected chi connectivity index (χ4v) is 5.70. The molecule has 0 spiro atoms. The third kappa shape index (κ3) is 6.15. The summed E-state index contributed by atoms with van der Waals surface area (Å²) in [4.78, 5) is 30.3. The molecule has 3 N–H and O–H groups in total. The number of nitrogens with two attached hydrogens (primary N) is 1. The summed E-state index contributed by atoms with van der Waals surface area (Å²) in [5, 5.41) is 9.96. The zero-order valence-electron chi connectivity index (χ0n) is 22.4. The number of nitrogen functional groups attached to an aromatic ring is 1. The number of nitrogens with zero attached hydrogens (tertiary/aromatic N) is 4. The molecule has 2 aliphatic rings. The van der Waals surface area contributed by atoms with E-state index in [1.165, 1.54) is 12.1 Å². The van der Waals surface area contributed by atoms with Crippen molar-refractivity contribution in [1.29, 1.82) is 0 Å². The van der Waals surface area contributed by atoms with Gasteiger partial charge in [0.15, 0.2) is 0 Å². The van der Waals surface area contributed by atoms with E-state index in [0.29, 0.717) is 31.0 Å². The summed E-state index contributed by atoms with van der Waals surface area (Å²) >= 11 is 12.4. The first-order valence-electron chi connectivity index (χ1n) is 13.2. The Bertz CT molecular complexity index is 1560. The summed E-state index contributed by atoms with van der Waals surface area (Å²) in [7, 11) is 0.406. The van der Waals surface area contributed by atoms with Gasteiger partial charge in [-0.15, -0.1) is 0 Å². The van der Waals surface area contributed by atoms with Gasteiger partial charge in [-0.2, -0.15) is 0 Å². The van der Waals surface area contributed by atoms with Gasteiger partial charge in [-0.05, 0) is 19.4 Å². The van der Waals surface area contributed by atoms with Crippen LogP contribution in [0.5, 0.6) is 5.75 Å². The fourth-order valence-electron chi connectivity index (χ4n) is 5.13. The fraction of sp³-hybridized carbons (Fsp3) is 0.286. The van der Waals surface area contributed by atoms with Crippen molar-refractivity contribution in [3.63, 3.8) is 0 Å². The molecule has 216 valence electrons. The zero-order chi connectivity index (χ0) is 30.0. The van der Waals surface area contributed by atoms with E-state index in [-0.39, 0.29) is 44.2 Å². The van der Waals surface area contributed by atoms with Crippen LogP contribution in [0.3, 0.4) is 0 Å². The number of nitrogens with one attached hydrogen (secondary N) is 1. The Morgan fingerprint density at radius 2 is 1.90 bits per heavy atom. The molecule has 2 fully saturated rings. The average Bonchev–Trinajstić information content (AvgIpc) is 3.47. The number of rotatable bonds is 8. The summed E-state index contributed by atoms with van der Waals surface area (Å²) in [6.45, 7) is 7.03. The van der Waals surface area contributed by atoms with Crippen LogP contribution >= 0.6 is 23.2 Å². The van der Waals surface area contributed by atoms with Gasteiger partial charge in [-0.3, -0.25) is 9.69 Å². The first-order chi connectivity index (χ1) is 20.2. The van der Waals surface area contributed by atoms with Crippen LogP contribution in [0.2, 0.25) is 10.0 Å². The molecule has 1 aromatic heterocycles. The van der Waals surface area contributed by atoms with Crippen LogP contribution in [0, 0.1) is 5.82 Å². The number of benzene rings is 2. The van der Waals surface area contributed by atoms with Crippen molar-refractivity contribution < 1.29 is 23.4 Å². The SMILES string of the molecule is C=C(B=O)C(Oc1cc(C(=O)Nc2ccc(C(=O)N3CCN4CCCC4C3)cc2)nnc1N)c1c(Cl)ccc(F)c1Cl. The van der Waals surface area contributed by atoms with E-state index >= 15 is 0 Å². The van der Waals surface area contributed by atoms with Crippen LogP contribution < -0.4 is 15.8 Å². The van der Waals surface area contributed by atoms with E-state index in [2.05, 4.69) is 27.0 Å². The van der Waals surface area contributed by atoms with Crippen molar-refractivity contribution in [1.82, 2.24) is 20.0 Å². The van der Waals surface area contributed by atoms with Crippen molar-refractivity contribution in [2.75, 3.05) is 37.2 Å². The number of aromatic nitrogens is 2. The number of amides is 2. The van der Waals surface area contributed by atoms with Crippen molar-refractivity contribution in [2.24, 2.45) is 0 Å². The number of carbonyl (C=O) groups is 2. The maximum atomic E-state index is 14.2. The Labute approximate surface area is 251 Å². The monoisotopic (exact) mass is 610 g/mol. The molecule has 2 amide bonds. The van der Waals surface area contributed by atoms with Crippen molar-refractivity contribution in [3.05, 3.63) is 87.2 Å². The van der Waals surface area contributed by atoms with Gasteiger partial charge < -0.3 is 4.90 Å². The number of hydrogen-bond donors (Lipinski definition) is 2. The predicted molar refractivity (Wildman–Crippen MR) is 157 cm³/mol. The molecule has 3 aromatic rings. The third-order valence-corrected chi connectivity index (χ3v) is 8.07. The number of carbonyl (C=O) groups excluding carboxylic acids is 2. The van der Waals surface area contributed by atoms with Crippen LogP contribution in [-0.4, -0.2) is 71.2 Å². The molecule has 0 saturated carbocycles. The maximum absolute atomic E-state index is 14.2. The van der Waals surface area contributed by atoms with E-state index in [4.69, 9.17) is 33.7 Å². The molecule has 0 radical (unpaired) electrons. The van der Waals surface area contributed by atoms with Gasteiger partial charge in [0, 0.05) is 25.7 Å². The molecule has 2 aliphatic heterocycles. The van der Waals surface area contributed by atoms with E-state index in [0.717, 1.165) is 38.5 Å². The molecule has 10 nitrogen and oxygen atoms in total. The molecule has 2 aromatic carbocycles. The van der Waals surface area contributed by atoms with Gasteiger partial charge in [0.2, 0.25) is 0 Å². The Balaban J connectivity index is 1.30. The summed E-state index contributed by atoms with van der Waals surface area (Å²) in [5.74, 6) is -1.82. The Morgan fingerprint density at radius 3 is 2.64 bits per heavy atom. The van der Waals surface area contributed by atoms with E-state index in [1.54, 1.807) is 24.3 Å². The summed E-state index contributed by atoms with van der Waals surface area (Å²) < 4.78 is 31.6. The summed E-state index contributed by atoms with van der Waals surface area (Å²) in [6.07, 6.45) is 0.938. The summed E-state index contributed by atoms with van der Waals surface area (Å²) in [6, 6.07) is 10.5. The van der Waals surface area contributed by atoms with E-state index in [9.17, 15) is 18.7 Å². The zero-order valence-corrected chi connectivity index (χ0v) is 23.9. The first kappa shape index (κ1) is 29.6. The number of halogens is 3. The van der Waals surface area contributed by atoms with Gasteiger partial charge in [-0.1, -0.05) is 0 Å². The molecule has 14 heteroatoms. The third-order valence-electron chi connectivity index (χ3n) is 7.36. The van der Waals surface area contributed by atoms with Crippen molar-refractivity contribution in [2.45, 2.75) is 25.0 Å². The standard InChI is InChI=1S/C28H26BCl2FN6O4/c1-15(29-41)25(23-19(30)8-9-20(32)24(23)31)42-22-13-21(35-36-26(22)33)27(39)34-17-6-4-16(5-7-17)28(40)38-12-11-37-10-2-3-18(37)14-38/h4-9,13,18,25H,1-3,10-12,14H2,(H2,33,36)(H,34,39). The quantitative estimate of drug-likeness (QED) is 0.284. The topological polar surface area (TPSA) is 131 Å². The number of anilines is 2. The predicted octanol–water partition coefficient (Wildman–Crippen LogP) is 4.36. The Kier molecular flexibility index (Phi) is 8.86. The first-order valence-corrected chi connectivity index (χ1v) is 13.9. The summed E-state index contributed by atoms with van der Waals surface area (Å²) in [5.41, 5.74) is 6.53. The second-order valence-electron chi connectivity index (χ2n) is 10.0. The van der Waals surface area contributed by atoms with Crippen LogP contribution in [0.4, 0.5) is 15.9 Å². The van der Waals surface area contributed by atoms with Crippen molar-refractivity contribution in [3.8, 4) is 5.75 Å². The number of piperazine rings is 1. The second kappa shape index (κ2) is 12.6. The number of fused-ring (bicyclic) bond motifs is 1. The minimum absolute atomic E-state index is 0.0238. The normalized spacial score (nSPS) is 17.2. The molecule has 0 aliphatic carbocycles. The molecular formula is C28H26BCl2FN6O4.